The highest BCUT2D eigenvalue weighted by Crippen LogP contribution is 2.45. The van der Waals surface area contributed by atoms with E-state index in [0.29, 0.717) is 18.4 Å². The number of halogens is 2. The third-order valence-corrected chi connectivity index (χ3v) is 5.53. The Morgan fingerprint density at radius 2 is 2.04 bits per heavy atom. The molecule has 0 amide bonds. The van der Waals surface area contributed by atoms with E-state index in [9.17, 15) is 18.7 Å². The molecule has 6 heteroatoms. The second-order valence-electron chi connectivity index (χ2n) is 7.02. The summed E-state index contributed by atoms with van der Waals surface area (Å²) < 4.78 is 29.4. The van der Waals surface area contributed by atoms with Crippen LogP contribution in [-0.2, 0) is 17.3 Å². The van der Waals surface area contributed by atoms with Gasteiger partial charge in [-0.2, -0.15) is 5.10 Å². The molecule has 0 spiro atoms. The lowest BCUT2D eigenvalue weighted by molar-refractivity contribution is -0.141. The molecule has 0 aliphatic heterocycles. The Hall–Kier alpha value is -3.02. The number of carbonyl (C=O) groups is 1. The Bertz CT molecular complexity index is 1120. The predicted molar refractivity (Wildman–Crippen MR) is 98.3 cm³/mol. The molecule has 0 radical (unpaired) electrons. The van der Waals surface area contributed by atoms with Crippen molar-refractivity contribution in [1.29, 1.82) is 0 Å². The van der Waals surface area contributed by atoms with Gasteiger partial charge in [-0.15, -0.1) is 0 Å². The summed E-state index contributed by atoms with van der Waals surface area (Å²) in [6.45, 7) is 1.42. The van der Waals surface area contributed by atoms with Crippen molar-refractivity contribution in [3.63, 3.8) is 0 Å². The number of hydrogen-bond donors (Lipinski definition) is 1. The molecule has 1 heterocycles. The highest BCUT2D eigenvalue weighted by molar-refractivity contribution is 5.91. The van der Waals surface area contributed by atoms with Crippen molar-refractivity contribution in [3.8, 4) is 0 Å². The quantitative estimate of drug-likeness (QED) is 0.747. The highest BCUT2D eigenvalue weighted by Gasteiger charge is 2.44. The maximum absolute atomic E-state index is 14.1. The Kier molecular flexibility index (Phi) is 3.87. The fourth-order valence-electron chi connectivity index (χ4n) is 3.98. The molecular weight excluding hydrogens is 350 g/mol. The van der Waals surface area contributed by atoms with Crippen LogP contribution in [-0.4, -0.2) is 20.9 Å². The van der Waals surface area contributed by atoms with E-state index in [4.69, 9.17) is 0 Å². The van der Waals surface area contributed by atoms with Crippen LogP contribution in [0.15, 0.2) is 42.6 Å². The van der Waals surface area contributed by atoms with Crippen LogP contribution >= 0.6 is 0 Å². The third-order valence-electron chi connectivity index (χ3n) is 5.53. The van der Waals surface area contributed by atoms with Crippen molar-refractivity contribution < 1.29 is 18.7 Å². The van der Waals surface area contributed by atoms with Crippen molar-refractivity contribution >= 4 is 22.4 Å². The summed E-state index contributed by atoms with van der Waals surface area (Å²) in [5.74, 6) is -3.03. The molecule has 0 saturated carbocycles. The van der Waals surface area contributed by atoms with Crippen LogP contribution in [0.3, 0.4) is 0 Å². The Morgan fingerprint density at radius 3 is 2.78 bits per heavy atom. The lowest BCUT2D eigenvalue weighted by atomic mass is 9.78. The van der Waals surface area contributed by atoms with E-state index < -0.39 is 23.0 Å². The van der Waals surface area contributed by atoms with Crippen LogP contribution in [0.1, 0.15) is 29.5 Å². The van der Waals surface area contributed by atoms with Gasteiger partial charge in [0.15, 0.2) is 11.6 Å². The first-order chi connectivity index (χ1) is 12.8. The van der Waals surface area contributed by atoms with Gasteiger partial charge in [0, 0.05) is 12.4 Å². The molecule has 4 nitrogen and oxygen atoms in total. The topological polar surface area (TPSA) is 55.1 Å². The van der Waals surface area contributed by atoms with E-state index in [2.05, 4.69) is 5.10 Å². The number of fused-ring (bicyclic) bond motifs is 1. The minimum atomic E-state index is -1.37. The molecule has 1 aliphatic carbocycles. The molecule has 0 saturated heterocycles. The molecule has 1 aliphatic rings. The summed E-state index contributed by atoms with van der Waals surface area (Å²) in [6.07, 6.45) is 4.29. The SMILES string of the molecule is Cc1c([C@@]2(C(=O)O)C=C(c3ccc4cnn(C)c4c3)CC2)ccc(F)c1F. The standard InChI is InChI=1S/C21H18F2N2O2/c1-12-16(5-6-17(22)19(12)23)21(20(26)27)8-7-14(10-21)13-3-4-15-11-24-25(2)18(15)9-13/h3-6,9-11H,7-8H2,1-2H3,(H,26,27)/t21-/m0/s1. The van der Waals surface area contributed by atoms with Gasteiger partial charge in [-0.3, -0.25) is 9.48 Å². The number of rotatable bonds is 3. The zero-order chi connectivity index (χ0) is 19.3. The molecule has 1 atom stereocenters. The molecule has 3 aromatic rings. The monoisotopic (exact) mass is 368 g/mol. The molecule has 0 bridgehead atoms. The van der Waals surface area contributed by atoms with Crippen molar-refractivity contribution in [3.05, 3.63) is 70.9 Å². The maximum atomic E-state index is 14.1. The number of allylic oxidation sites excluding steroid dienone is 1. The molecule has 0 unspecified atom stereocenters. The number of carboxylic acids is 1. The van der Waals surface area contributed by atoms with E-state index >= 15 is 0 Å². The molecule has 1 N–H and O–H groups in total. The molecule has 1 aromatic heterocycles. The zero-order valence-corrected chi connectivity index (χ0v) is 15.0. The summed E-state index contributed by atoms with van der Waals surface area (Å²) in [6, 6.07) is 8.24. The van der Waals surface area contributed by atoms with Gasteiger partial charge in [0.05, 0.1) is 11.7 Å². The van der Waals surface area contributed by atoms with Gasteiger partial charge >= 0.3 is 5.97 Å². The van der Waals surface area contributed by atoms with Crippen molar-refractivity contribution in [2.24, 2.45) is 7.05 Å². The van der Waals surface area contributed by atoms with E-state index in [-0.39, 0.29) is 5.56 Å². The van der Waals surface area contributed by atoms with Crippen LogP contribution in [0.4, 0.5) is 8.78 Å². The van der Waals surface area contributed by atoms with Gasteiger partial charge in [0.1, 0.15) is 5.41 Å². The van der Waals surface area contributed by atoms with E-state index in [1.54, 1.807) is 17.0 Å². The first-order valence-electron chi connectivity index (χ1n) is 8.66. The predicted octanol–water partition coefficient (Wildman–Crippen LogP) is 4.36. The van der Waals surface area contributed by atoms with Crippen LogP contribution in [0, 0.1) is 18.6 Å². The van der Waals surface area contributed by atoms with Gasteiger partial charge in [0.2, 0.25) is 0 Å². The van der Waals surface area contributed by atoms with Gasteiger partial charge in [-0.1, -0.05) is 24.3 Å². The van der Waals surface area contributed by atoms with Crippen LogP contribution in [0.25, 0.3) is 16.5 Å². The summed E-state index contributed by atoms with van der Waals surface area (Å²) in [5.41, 5.74) is 1.71. The zero-order valence-electron chi connectivity index (χ0n) is 15.0. The summed E-state index contributed by atoms with van der Waals surface area (Å²) in [4.78, 5) is 12.2. The lowest BCUT2D eigenvalue weighted by Gasteiger charge is -2.25. The average molecular weight is 368 g/mol. The fourth-order valence-corrected chi connectivity index (χ4v) is 3.98. The Morgan fingerprint density at radius 1 is 1.26 bits per heavy atom. The maximum Gasteiger partial charge on any atom is 0.318 e. The second kappa shape index (κ2) is 6.01. The van der Waals surface area contributed by atoms with E-state index in [1.165, 1.54) is 13.0 Å². The number of aliphatic carboxylic acids is 1. The number of hydrogen-bond acceptors (Lipinski definition) is 2. The molecule has 27 heavy (non-hydrogen) atoms. The van der Waals surface area contributed by atoms with Gasteiger partial charge < -0.3 is 5.11 Å². The lowest BCUT2D eigenvalue weighted by Crippen LogP contribution is -2.32. The van der Waals surface area contributed by atoms with E-state index in [0.717, 1.165) is 28.1 Å². The van der Waals surface area contributed by atoms with Gasteiger partial charge in [-0.05, 0) is 54.2 Å². The van der Waals surface area contributed by atoms with Crippen molar-refractivity contribution in [2.75, 3.05) is 0 Å². The number of carboxylic acid groups (broad SMARTS) is 1. The molecule has 4 rings (SSSR count). The van der Waals surface area contributed by atoms with Crippen LogP contribution in [0.5, 0.6) is 0 Å². The summed E-state index contributed by atoms with van der Waals surface area (Å²) in [7, 11) is 1.85. The first kappa shape index (κ1) is 17.4. The summed E-state index contributed by atoms with van der Waals surface area (Å²) in [5, 5.41) is 15.2. The fraction of sp³-hybridized carbons (Fsp3) is 0.238. The van der Waals surface area contributed by atoms with Gasteiger partial charge in [-0.25, -0.2) is 8.78 Å². The minimum absolute atomic E-state index is 0.0389. The number of aromatic nitrogens is 2. The molecule has 138 valence electrons. The molecule has 2 aromatic carbocycles. The molecule has 0 fully saturated rings. The first-order valence-corrected chi connectivity index (χ1v) is 8.66. The highest BCUT2D eigenvalue weighted by atomic mass is 19.2. The van der Waals surface area contributed by atoms with Gasteiger partial charge in [0.25, 0.3) is 0 Å². The number of nitrogens with zero attached hydrogens (tertiary/aromatic N) is 2. The average Bonchev–Trinajstić information content (AvgIpc) is 3.25. The van der Waals surface area contributed by atoms with Crippen molar-refractivity contribution in [2.45, 2.75) is 25.2 Å². The Balaban J connectivity index is 1.86. The minimum Gasteiger partial charge on any atom is -0.480 e. The van der Waals surface area contributed by atoms with E-state index in [1.807, 2.05) is 25.2 Å². The second-order valence-corrected chi connectivity index (χ2v) is 7.02. The summed E-state index contributed by atoms with van der Waals surface area (Å²) >= 11 is 0. The number of aryl methyl sites for hydroxylation is 1. The van der Waals surface area contributed by atoms with Crippen LogP contribution < -0.4 is 0 Å². The Labute approximate surface area is 154 Å². The van der Waals surface area contributed by atoms with Crippen molar-refractivity contribution in [1.82, 2.24) is 9.78 Å². The largest absolute Gasteiger partial charge is 0.480 e. The normalized spacial score (nSPS) is 19.5. The van der Waals surface area contributed by atoms with Crippen LogP contribution in [0.2, 0.25) is 0 Å². The smallest absolute Gasteiger partial charge is 0.318 e. The number of benzene rings is 2. The molecular formula is C21H18F2N2O2. The third kappa shape index (κ3) is 2.55.